The predicted molar refractivity (Wildman–Crippen MR) is 60.2 cm³/mol. The second-order valence-corrected chi connectivity index (χ2v) is 4.38. The molecule has 0 saturated heterocycles. The Kier molecular flexibility index (Phi) is 3.78. The highest BCUT2D eigenvalue weighted by Gasteiger charge is 2.17. The van der Waals surface area contributed by atoms with Crippen molar-refractivity contribution in [3.05, 3.63) is 0 Å². The lowest BCUT2D eigenvalue weighted by atomic mass is 10.1. The van der Waals surface area contributed by atoms with Gasteiger partial charge in [-0.05, 0) is 25.8 Å². The summed E-state index contributed by atoms with van der Waals surface area (Å²) in [5.74, 6) is 2.35. The minimum atomic E-state index is 0.434. The highest BCUT2D eigenvalue weighted by molar-refractivity contribution is 7.98. The maximum absolute atomic E-state index is 4.51. The molecule has 74 valence electrons. The van der Waals surface area contributed by atoms with Crippen molar-refractivity contribution >= 4 is 24.1 Å². The molecule has 3 nitrogen and oxygen atoms in total. The van der Waals surface area contributed by atoms with Crippen molar-refractivity contribution in [2.24, 2.45) is 15.3 Å². The molecule has 1 aliphatic heterocycles. The van der Waals surface area contributed by atoms with Gasteiger partial charge < -0.3 is 4.90 Å². The molecular formula is C9H17N3S. The van der Waals surface area contributed by atoms with E-state index in [-0.39, 0.29) is 0 Å². The molecule has 0 aromatic heterocycles. The van der Waals surface area contributed by atoms with E-state index < -0.39 is 0 Å². The smallest absolute Gasteiger partial charge is 0.108 e. The molecule has 0 spiro atoms. The molecule has 0 saturated carbocycles. The molecule has 0 atom stereocenters. The van der Waals surface area contributed by atoms with E-state index in [9.17, 15) is 0 Å². The van der Waals surface area contributed by atoms with Crippen LogP contribution in [0.1, 0.15) is 27.7 Å². The summed E-state index contributed by atoms with van der Waals surface area (Å²) in [5.41, 5.74) is 0. The summed E-state index contributed by atoms with van der Waals surface area (Å²) in [6.07, 6.45) is 1.89. The Labute approximate surface area is 84.5 Å². The summed E-state index contributed by atoms with van der Waals surface area (Å²) in [7, 11) is 0. The molecule has 0 N–H and O–H groups in total. The normalized spacial score (nSPS) is 18.0. The van der Waals surface area contributed by atoms with Gasteiger partial charge in [0.05, 0.1) is 0 Å². The molecule has 0 unspecified atom stereocenters. The van der Waals surface area contributed by atoms with Crippen LogP contribution in [-0.4, -0.2) is 29.0 Å². The van der Waals surface area contributed by atoms with Crippen LogP contribution in [0.25, 0.3) is 0 Å². The Balaban J connectivity index is 2.85. The van der Waals surface area contributed by atoms with Crippen molar-refractivity contribution in [1.29, 1.82) is 0 Å². The molecule has 1 rings (SSSR count). The third kappa shape index (κ3) is 2.72. The first-order valence-electron chi connectivity index (χ1n) is 4.61. The van der Waals surface area contributed by atoms with Crippen LogP contribution in [0.15, 0.2) is 9.39 Å². The summed E-state index contributed by atoms with van der Waals surface area (Å²) in [6, 6.07) is 0.434. The van der Waals surface area contributed by atoms with Crippen LogP contribution in [0.5, 0.6) is 0 Å². The van der Waals surface area contributed by atoms with E-state index in [0.717, 1.165) is 11.7 Å². The van der Waals surface area contributed by atoms with Crippen molar-refractivity contribution in [2.75, 3.05) is 5.88 Å². The lowest BCUT2D eigenvalue weighted by molar-refractivity contribution is 0.488. The molecule has 1 aliphatic rings. The summed E-state index contributed by atoms with van der Waals surface area (Å²) < 4.78 is 4.21. The molecule has 0 bridgehead atoms. The van der Waals surface area contributed by atoms with Gasteiger partial charge in [-0.1, -0.05) is 13.8 Å². The largest absolute Gasteiger partial charge is 0.318 e. The Hall–Kier alpha value is -0.510. The van der Waals surface area contributed by atoms with Gasteiger partial charge in [-0.15, -0.1) is 0 Å². The number of hydrogen-bond acceptors (Lipinski definition) is 4. The molecular weight excluding hydrogens is 182 g/mol. The van der Waals surface area contributed by atoms with Gasteiger partial charge in [0, 0.05) is 12.0 Å². The van der Waals surface area contributed by atoms with Crippen molar-refractivity contribution in [3.8, 4) is 0 Å². The number of rotatable bonds is 2. The van der Waals surface area contributed by atoms with Crippen LogP contribution in [-0.2, 0) is 0 Å². The van der Waals surface area contributed by atoms with E-state index in [2.05, 4.69) is 42.0 Å². The van der Waals surface area contributed by atoms with Gasteiger partial charge >= 0.3 is 0 Å². The summed E-state index contributed by atoms with van der Waals surface area (Å²) >= 11 is 1.50. The van der Waals surface area contributed by atoms with Crippen LogP contribution in [0.3, 0.4) is 0 Å². The zero-order chi connectivity index (χ0) is 9.84. The van der Waals surface area contributed by atoms with Crippen LogP contribution in [0, 0.1) is 5.92 Å². The van der Waals surface area contributed by atoms with Crippen molar-refractivity contribution in [3.63, 3.8) is 0 Å². The molecule has 0 radical (unpaired) electrons. The minimum Gasteiger partial charge on any atom is -0.318 e. The van der Waals surface area contributed by atoms with Crippen molar-refractivity contribution < 1.29 is 0 Å². The lowest BCUT2D eigenvalue weighted by Crippen LogP contribution is -2.38. The molecule has 0 amide bonds. The summed E-state index contributed by atoms with van der Waals surface area (Å²) in [4.78, 5) is 6.65. The average molecular weight is 199 g/mol. The first-order chi connectivity index (χ1) is 6.13. The Bertz CT molecular complexity index is 221. The zero-order valence-electron chi connectivity index (χ0n) is 8.69. The third-order valence-electron chi connectivity index (χ3n) is 1.87. The van der Waals surface area contributed by atoms with Crippen LogP contribution in [0.4, 0.5) is 0 Å². The fraction of sp³-hybridized carbons (Fsp3) is 0.778. The van der Waals surface area contributed by atoms with Crippen LogP contribution >= 0.6 is 11.9 Å². The minimum absolute atomic E-state index is 0.434. The Morgan fingerprint density at radius 2 is 2.08 bits per heavy atom. The van der Waals surface area contributed by atoms with E-state index in [1.54, 1.807) is 0 Å². The molecule has 0 fully saturated rings. The van der Waals surface area contributed by atoms with Crippen molar-refractivity contribution in [2.45, 2.75) is 33.7 Å². The fourth-order valence-electron chi connectivity index (χ4n) is 1.23. The van der Waals surface area contributed by atoms with Gasteiger partial charge in [-0.25, -0.2) is 4.40 Å². The molecule has 0 aromatic carbocycles. The first-order valence-corrected chi connectivity index (χ1v) is 5.55. The van der Waals surface area contributed by atoms with Crippen LogP contribution < -0.4 is 0 Å². The Morgan fingerprint density at radius 1 is 1.38 bits per heavy atom. The fourth-order valence-corrected chi connectivity index (χ4v) is 1.66. The second kappa shape index (κ2) is 4.65. The molecule has 0 aromatic rings. The first kappa shape index (κ1) is 10.6. The summed E-state index contributed by atoms with van der Waals surface area (Å²) in [5, 5.41) is 0. The number of aliphatic imine (C=N–C) groups is 1. The predicted octanol–water partition coefficient (Wildman–Crippen LogP) is 2.40. The van der Waals surface area contributed by atoms with E-state index in [0.29, 0.717) is 12.0 Å². The van der Waals surface area contributed by atoms with E-state index >= 15 is 0 Å². The zero-order valence-corrected chi connectivity index (χ0v) is 9.51. The standard InChI is InChI=1S/C9H17N3S/c1-7(2)9-10-6-13-11-5-12(9)8(3)4/h5,7-8H,6H2,1-4H3. The second-order valence-electron chi connectivity index (χ2n) is 3.65. The topological polar surface area (TPSA) is 28.0 Å². The number of amidine groups is 1. The summed E-state index contributed by atoms with van der Waals surface area (Å²) in [6.45, 7) is 8.63. The quantitative estimate of drug-likeness (QED) is 0.639. The number of hydrogen-bond donors (Lipinski definition) is 0. The van der Waals surface area contributed by atoms with E-state index in [1.165, 1.54) is 11.9 Å². The van der Waals surface area contributed by atoms with Crippen molar-refractivity contribution in [1.82, 2.24) is 4.90 Å². The van der Waals surface area contributed by atoms with Gasteiger partial charge in [0.1, 0.15) is 18.1 Å². The molecule has 4 heteroatoms. The molecule has 1 heterocycles. The lowest BCUT2D eigenvalue weighted by Gasteiger charge is -2.26. The van der Waals surface area contributed by atoms with E-state index in [1.807, 2.05) is 6.34 Å². The van der Waals surface area contributed by atoms with Gasteiger partial charge in [-0.3, -0.25) is 4.99 Å². The van der Waals surface area contributed by atoms with E-state index in [4.69, 9.17) is 0 Å². The highest BCUT2D eigenvalue weighted by atomic mass is 32.2. The molecule has 13 heavy (non-hydrogen) atoms. The maximum atomic E-state index is 4.51. The SMILES string of the molecule is CC(C)C1=NCSN=CN1C(C)C. The van der Waals surface area contributed by atoms with Gasteiger partial charge in [0.15, 0.2) is 0 Å². The third-order valence-corrected chi connectivity index (χ3v) is 2.36. The maximum Gasteiger partial charge on any atom is 0.108 e. The van der Waals surface area contributed by atoms with Gasteiger partial charge in [-0.2, -0.15) is 0 Å². The molecule has 0 aliphatic carbocycles. The average Bonchev–Trinajstić information content (AvgIpc) is 2.27. The number of nitrogens with zero attached hydrogens (tertiary/aromatic N) is 3. The van der Waals surface area contributed by atoms with Gasteiger partial charge in [0.25, 0.3) is 0 Å². The highest BCUT2D eigenvalue weighted by Crippen LogP contribution is 2.13. The monoisotopic (exact) mass is 199 g/mol. The van der Waals surface area contributed by atoms with Crippen LogP contribution in [0.2, 0.25) is 0 Å². The van der Waals surface area contributed by atoms with Gasteiger partial charge in [0.2, 0.25) is 0 Å². The Morgan fingerprint density at radius 3 is 2.62 bits per heavy atom.